The van der Waals surface area contributed by atoms with Crippen LogP contribution in [0, 0.1) is 105 Å². The van der Waals surface area contributed by atoms with Crippen LogP contribution in [0.5, 0.6) is 0 Å². The molecule has 4 rings (SSSR count). The van der Waals surface area contributed by atoms with E-state index >= 15 is 0 Å². The molecule has 32 heavy (non-hydrogen) atoms. The first-order valence-corrected chi connectivity index (χ1v) is 10.6. The zero-order chi connectivity index (χ0) is 22.4. The van der Waals surface area contributed by atoms with Crippen molar-refractivity contribution in [3.05, 3.63) is 11.1 Å². The summed E-state index contributed by atoms with van der Waals surface area (Å²) in [6.45, 7) is 7.82. The molecule has 3 fully saturated rings. The predicted molar refractivity (Wildman–Crippen MR) is 104 cm³/mol. The van der Waals surface area contributed by atoms with Crippen LogP contribution in [0.4, 0.5) is 0 Å². The van der Waals surface area contributed by atoms with Gasteiger partial charge in [-0.2, -0.15) is 0 Å². The third-order valence-corrected chi connectivity index (χ3v) is 8.56. The zero-order valence-corrected chi connectivity index (χ0v) is 28.8. The Morgan fingerprint density at radius 1 is 1.16 bits per heavy atom. The maximum Gasteiger partial charge on any atom is 0.303 e. The van der Waals surface area contributed by atoms with Gasteiger partial charge >= 0.3 is 5.97 Å². The molecule has 4 N–H and O–H groups in total. The molecular weight excluding hydrogens is 846 g/mol. The van der Waals surface area contributed by atoms with E-state index in [9.17, 15) is 30.0 Å². The molecule has 0 aromatic rings. The van der Waals surface area contributed by atoms with E-state index in [4.69, 9.17) is 9.47 Å². The number of Topliss-reactive ketones (excluding diaryl/α,β-unsaturated/α-hetero) is 1. The average Bonchev–Trinajstić information content (AvgIpc) is 2.62. The summed E-state index contributed by atoms with van der Waals surface area (Å²) in [4.78, 5) is 25.9. The van der Waals surface area contributed by atoms with Crippen molar-refractivity contribution in [1.82, 2.24) is 0 Å². The summed E-state index contributed by atoms with van der Waals surface area (Å²) in [5.74, 6) is -2.16. The second kappa shape index (κ2) is 9.46. The molecule has 2 saturated carbocycles. The van der Waals surface area contributed by atoms with Crippen molar-refractivity contribution in [2.45, 2.75) is 89.5 Å². The van der Waals surface area contributed by atoms with Crippen molar-refractivity contribution >= 4 is 11.8 Å². The maximum atomic E-state index is 13.7. The number of esters is 1. The van der Waals surface area contributed by atoms with E-state index < -0.39 is 64.1 Å². The van der Waals surface area contributed by atoms with Gasteiger partial charge in [0.1, 0.15) is 23.4 Å². The van der Waals surface area contributed by atoms with Crippen LogP contribution in [-0.4, -0.2) is 74.4 Å². The second-order valence-corrected chi connectivity index (χ2v) is 10.4. The van der Waals surface area contributed by atoms with Crippen LogP contribution in [0.25, 0.3) is 0 Å². The minimum Gasteiger partial charge on any atom is -0.459 e. The van der Waals surface area contributed by atoms with Gasteiger partial charge in [-0.1, -0.05) is 20.8 Å². The van der Waals surface area contributed by atoms with Crippen molar-refractivity contribution in [2.24, 2.45) is 16.7 Å². The SMILES string of the molecule is CC(=O)O[C@H]1[C@@H]2[C@@]3(O)CO[C@@H]3CC[C@@]2(C)C(=O)[C@H](O)C2=C(C)[C@@H](O)C[C@]1(O)C2(C)C.[Ac].[Ac]. The third-order valence-electron chi connectivity index (χ3n) is 8.56. The molecule has 1 heterocycles. The van der Waals surface area contributed by atoms with Crippen LogP contribution >= 0.6 is 0 Å². The van der Waals surface area contributed by atoms with E-state index in [-0.39, 0.29) is 107 Å². The predicted octanol–water partition coefficient (Wildman–Crippen LogP) is 0.246. The van der Waals surface area contributed by atoms with Crippen molar-refractivity contribution in [3.8, 4) is 0 Å². The van der Waals surface area contributed by atoms with Crippen LogP contribution in [-0.2, 0) is 19.1 Å². The summed E-state index contributed by atoms with van der Waals surface area (Å²) in [7, 11) is 0. The first-order chi connectivity index (χ1) is 13.7. The van der Waals surface area contributed by atoms with Crippen LogP contribution in [0.15, 0.2) is 11.1 Å². The molecule has 10 heteroatoms. The van der Waals surface area contributed by atoms with Gasteiger partial charge < -0.3 is 29.9 Å². The Morgan fingerprint density at radius 3 is 2.25 bits per heavy atom. The quantitative estimate of drug-likeness (QED) is 0.218. The zero-order valence-electron chi connectivity index (χ0n) is 19.3. The van der Waals surface area contributed by atoms with E-state index in [2.05, 4.69) is 0 Å². The van der Waals surface area contributed by atoms with Gasteiger partial charge in [0.25, 0.3) is 0 Å². The summed E-state index contributed by atoms with van der Waals surface area (Å²) < 4.78 is 11.2. The smallest absolute Gasteiger partial charge is 0.303 e. The fourth-order valence-electron chi connectivity index (χ4n) is 6.71. The number of ketones is 1. The first-order valence-electron chi connectivity index (χ1n) is 10.6. The Balaban J connectivity index is 0.00000181. The summed E-state index contributed by atoms with van der Waals surface area (Å²) in [6, 6.07) is 0. The van der Waals surface area contributed by atoms with Gasteiger partial charge in [0, 0.05) is 118 Å². The van der Waals surface area contributed by atoms with Crippen LogP contribution in [0.3, 0.4) is 0 Å². The molecule has 8 atom stereocenters. The average molecular weight is 878 g/mol. The molecule has 0 aromatic heterocycles. The van der Waals surface area contributed by atoms with Crippen LogP contribution in [0.1, 0.15) is 53.9 Å². The molecule has 0 unspecified atom stereocenters. The van der Waals surface area contributed by atoms with Gasteiger partial charge in [-0.15, -0.1) is 0 Å². The number of hydrogen-bond acceptors (Lipinski definition) is 8. The van der Waals surface area contributed by atoms with Gasteiger partial charge in [0.05, 0.1) is 18.8 Å². The topological polar surface area (TPSA) is 134 Å². The van der Waals surface area contributed by atoms with Crippen molar-refractivity contribution in [3.63, 3.8) is 0 Å². The van der Waals surface area contributed by atoms with Crippen molar-refractivity contribution in [1.29, 1.82) is 0 Å². The molecule has 4 aliphatic rings. The number of aliphatic hydroxyl groups is 4. The minimum atomic E-state index is -1.83. The molecule has 1 aliphatic heterocycles. The molecule has 1 saturated heterocycles. The van der Waals surface area contributed by atoms with Gasteiger partial charge in [0.15, 0.2) is 5.78 Å². The molecular formula is C22H32Ac2O8. The standard InChI is InChI=1S/C22H32O8.2Ac/c1-10-12(24)8-22(28)18(30-11(2)23)16-20(5,7-6-13-21(16,27)9-29-13)17(26)15(25)14(10)19(22,3)4;;/h12-13,15-16,18,24-25,27-28H,6-9H2,1-5H3;;/t12-,13+,15+,16-,18-,20+,21+,22+;;/m0../s1. The largest absolute Gasteiger partial charge is 0.459 e. The van der Waals surface area contributed by atoms with Crippen LogP contribution < -0.4 is 0 Å². The maximum absolute atomic E-state index is 13.7. The van der Waals surface area contributed by atoms with Gasteiger partial charge in [-0.25, -0.2) is 0 Å². The fourth-order valence-corrected chi connectivity index (χ4v) is 6.71. The normalized spacial score (nSPS) is 46.8. The summed E-state index contributed by atoms with van der Waals surface area (Å²) in [5, 5.41) is 45.6. The van der Waals surface area contributed by atoms with Crippen LogP contribution in [0.2, 0.25) is 0 Å². The Morgan fingerprint density at radius 2 is 1.75 bits per heavy atom. The molecule has 174 valence electrons. The number of carbonyl (C=O) groups is 2. The number of rotatable bonds is 1. The fraction of sp³-hybridized carbons (Fsp3) is 0.818. The number of carbonyl (C=O) groups excluding carboxylic acids is 2. The summed E-state index contributed by atoms with van der Waals surface area (Å²) >= 11 is 0. The van der Waals surface area contributed by atoms with Crippen molar-refractivity contribution in [2.75, 3.05) is 6.61 Å². The van der Waals surface area contributed by atoms with E-state index in [0.717, 1.165) is 0 Å². The molecule has 2 bridgehead atoms. The van der Waals surface area contributed by atoms with E-state index in [1.807, 2.05) is 0 Å². The van der Waals surface area contributed by atoms with E-state index in [1.54, 1.807) is 27.7 Å². The van der Waals surface area contributed by atoms with Gasteiger partial charge in [-0.05, 0) is 30.9 Å². The Labute approximate surface area is 260 Å². The van der Waals surface area contributed by atoms with Crippen molar-refractivity contribution < 1.29 is 128 Å². The Kier molecular flexibility index (Phi) is 8.81. The molecule has 0 amide bonds. The summed E-state index contributed by atoms with van der Waals surface area (Å²) in [5.41, 5.74) is -5.09. The molecule has 8 nitrogen and oxygen atoms in total. The number of hydrogen-bond donors (Lipinski definition) is 4. The van der Waals surface area contributed by atoms with Gasteiger partial charge in [0.2, 0.25) is 0 Å². The summed E-state index contributed by atoms with van der Waals surface area (Å²) in [6.07, 6.45) is -3.93. The molecule has 0 aromatic carbocycles. The minimum absolute atomic E-state index is 0. The van der Waals surface area contributed by atoms with E-state index in [1.165, 1.54) is 6.92 Å². The first kappa shape index (κ1) is 29.8. The molecule has 2 radical (unpaired) electrons. The van der Waals surface area contributed by atoms with Gasteiger partial charge in [-0.3, -0.25) is 9.59 Å². The second-order valence-electron chi connectivity index (χ2n) is 10.4. The number of fused-ring (bicyclic) bond motifs is 5. The number of ether oxygens (including phenoxy) is 2. The molecule has 0 spiro atoms. The molecule has 3 aliphatic carbocycles. The third kappa shape index (κ3) is 3.85. The number of aliphatic hydroxyl groups excluding tert-OH is 2. The Hall–Kier alpha value is 1.56. The Bertz CT molecular complexity index is 844. The monoisotopic (exact) mass is 878 g/mol. The van der Waals surface area contributed by atoms with E-state index in [0.29, 0.717) is 18.4 Å².